The van der Waals surface area contributed by atoms with Crippen LogP contribution in [-0.2, 0) is 6.42 Å². The molecule has 0 bridgehead atoms. The standard InChI is InChI=1S/C9H5IN2S/c10-9-5-6-7(1-3-11)12-4-2-8(6)13-9/h2,4-5H,1H2. The van der Waals surface area contributed by atoms with Gasteiger partial charge in [-0.05, 0) is 34.7 Å². The molecule has 0 atom stereocenters. The number of fused-ring (bicyclic) bond motifs is 1. The number of thiophene rings is 1. The second kappa shape index (κ2) is 3.60. The molecule has 0 aromatic carbocycles. The molecule has 13 heavy (non-hydrogen) atoms. The van der Waals surface area contributed by atoms with Gasteiger partial charge < -0.3 is 0 Å². The van der Waals surface area contributed by atoms with Crippen LogP contribution in [-0.4, -0.2) is 4.98 Å². The first-order valence-corrected chi connectivity index (χ1v) is 5.60. The van der Waals surface area contributed by atoms with Crippen LogP contribution in [0.5, 0.6) is 0 Å². The Morgan fingerprint density at radius 3 is 3.23 bits per heavy atom. The van der Waals surface area contributed by atoms with Gasteiger partial charge in [-0.15, -0.1) is 11.3 Å². The van der Waals surface area contributed by atoms with Crippen molar-refractivity contribution in [3.63, 3.8) is 0 Å². The van der Waals surface area contributed by atoms with Gasteiger partial charge in [0, 0.05) is 16.3 Å². The van der Waals surface area contributed by atoms with E-state index in [-0.39, 0.29) is 0 Å². The summed E-state index contributed by atoms with van der Waals surface area (Å²) in [5.74, 6) is 0. The van der Waals surface area contributed by atoms with E-state index < -0.39 is 0 Å². The molecule has 0 amide bonds. The van der Waals surface area contributed by atoms with Crippen LogP contribution in [0.2, 0.25) is 0 Å². The molecule has 2 aromatic heterocycles. The second-order valence-corrected chi connectivity index (χ2v) is 5.53. The van der Waals surface area contributed by atoms with Crippen LogP contribution in [0.3, 0.4) is 0 Å². The maximum Gasteiger partial charge on any atom is 0.0781 e. The van der Waals surface area contributed by atoms with E-state index in [0.29, 0.717) is 6.42 Å². The molecule has 0 aliphatic carbocycles. The lowest BCUT2D eigenvalue weighted by molar-refractivity contribution is 1.14. The highest BCUT2D eigenvalue weighted by Gasteiger charge is 2.04. The summed E-state index contributed by atoms with van der Waals surface area (Å²) in [6.45, 7) is 0. The number of hydrogen-bond donors (Lipinski definition) is 0. The summed E-state index contributed by atoms with van der Waals surface area (Å²) in [6, 6.07) is 6.20. The molecule has 0 saturated carbocycles. The molecule has 0 fully saturated rings. The summed E-state index contributed by atoms with van der Waals surface area (Å²) in [7, 11) is 0. The van der Waals surface area contributed by atoms with E-state index in [4.69, 9.17) is 5.26 Å². The van der Waals surface area contributed by atoms with Gasteiger partial charge >= 0.3 is 0 Å². The zero-order valence-corrected chi connectivity index (χ0v) is 9.59. The third-order valence-corrected chi connectivity index (χ3v) is 3.61. The Morgan fingerprint density at radius 2 is 2.46 bits per heavy atom. The van der Waals surface area contributed by atoms with Crippen LogP contribution in [0.1, 0.15) is 5.69 Å². The maximum atomic E-state index is 8.60. The summed E-state index contributed by atoms with van der Waals surface area (Å²) in [5, 5.41) is 9.72. The fourth-order valence-corrected chi connectivity index (χ4v) is 3.03. The van der Waals surface area contributed by atoms with E-state index in [1.54, 1.807) is 17.5 Å². The van der Waals surface area contributed by atoms with E-state index in [0.717, 1.165) is 11.1 Å². The summed E-state index contributed by atoms with van der Waals surface area (Å²) >= 11 is 4.02. The summed E-state index contributed by atoms with van der Waals surface area (Å²) in [5.41, 5.74) is 0.888. The van der Waals surface area contributed by atoms with Gasteiger partial charge in [-0.3, -0.25) is 4.98 Å². The Kier molecular flexibility index (Phi) is 2.47. The van der Waals surface area contributed by atoms with Gasteiger partial charge in [0.15, 0.2) is 0 Å². The lowest BCUT2D eigenvalue weighted by atomic mass is 10.2. The van der Waals surface area contributed by atoms with Gasteiger partial charge in [-0.1, -0.05) is 0 Å². The number of pyridine rings is 1. The molecule has 2 nitrogen and oxygen atoms in total. The van der Waals surface area contributed by atoms with Crippen molar-refractivity contribution in [3.8, 4) is 6.07 Å². The Bertz CT molecular complexity index is 484. The predicted molar refractivity (Wildman–Crippen MR) is 61.7 cm³/mol. The van der Waals surface area contributed by atoms with Crippen LogP contribution in [0.4, 0.5) is 0 Å². The van der Waals surface area contributed by atoms with Crippen molar-refractivity contribution in [1.82, 2.24) is 4.98 Å². The molecule has 64 valence electrons. The number of rotatable bonds is 1. The molecule has 0 radical (unpaired) electrons. The lowest BCUT2D eigenvalue weighted by Gasteiger charge is -1.94. The van der Waals surface area contributed by atoms with Gasteiger partial charge in [0.1, 0.15) is 0 Å². The largest absolute Gasteiger partial charge is 0.259 e. The van der Waals surface area contributed by atoms with Crippen LogP contribution < -0.4 is 0 Å². The molecule has 2 heterocycles. The van der Waals surface area contributed by atoms with Crippen molar-refractivity contribution in [1.29, 1.82) is 5.26 Å². The third-order valence-electron chi connectivity index (χ3n) is 1.74. The van der Waals surface area contributed by atoms with Crippen LogP contribution in [0, 0.1) is 14.2 Å². The number of nitriles is 1. The summed E-state index contributed by atoms with van der Waals surface area (Å²) in [4.78, 5) is 4.19. The SMILES string of the molecule is N#CCc1nccc2sc(I)cc12. The first-order valence-electron chi connectivity index (χ1n) is 3.71. The average molecular weight is 300 g/mol. The minimum atomic E-state index is 0.393. The topological polar surface area (TPSA) is 36.7 Å². The highest BCUT2D eigenvalue weighted by Crippen LogP contribution is 2.28. The molecule has 4 heteroatoms. The second-order valence-electron chi connectivity index (χ2n) is 2.55. The maximum absolute atomic E-state index is 8.60. The van der Waals surface area contributed by atoms with Crippen LogP contribution in [0.25, 0.3) is 10.1 Å². The molecule has 2 aromatic rings. The fraction of sp³-hybridized carbons (Fsp3) is 0.111. The zero-order valence-electron chi connectivity index (χ0n) is 6.62. The molecule has 0 unspecified atom stereocenters. The molecule has 0 aliphatic rings. The van der Waals surface area contributed by atoms with Gasteiger partial charge in [-0.2, -0.15) is 5.26 Å². The van der Waals surface area contributed by atoms with E-state index in [9.17, 15) is 0 Å². The molecule has 0 spiro atoms. The van der Waals surface area contributed by atoms with Crippen LogP contribution >= 0.6 is 33.9 Å². The van der Waals surface area contributed by atoms with Gasteiger partial charge in [-0.25, -0.2) is 0 Å². The molecule has 0 N–H and O–H groups in total. The number of nitrogens with zero attached hydrogens (tertiary/aromatic N) is 2. The first kappa shape index (κ1) is 8.91. The minimum absolute atomic E-state index is 0.393. The van der Waals surface area contributed by atoms with Crippen molar-refractivity contribution in [2.45, 2.75) is 6.42 Å². The highest BCUT2D eigenvalue weighted by atomic mass is 127. The smallest absolute Gasteiger partial charge is 0.0781 e. The van der Waals surface area contributed by atoms with Crippen molar-refractivity contribution in [3.05, 3.63) is 26.9 Å². The monoisotopic (exact) mass is 300 g/mol. The van der Waals surface area contributed by atoms with E-state index in [1.807, 2.05) is 6.07 Å². The van der Waals surface area contributed by atoms with Crippen molar-refractivity contribution in [2.75, 3.05) is 0 Å². The molecule has 0 saturated heterocycles. The summed E-state index contributed by atoms with van der Waals surface area (Å²) < 4.78 is 2.45. The van der Waals surface area contributed by atoms with Gasteiger partial charge in [0.25, 0.3) is 0 Å². The molecular weight excluding hydrogens is 295 g/mol. The predicted octanol–water partition coefficient (Wildman–Crippen LogP) is 2.97. The average Bonchev–Trinajstić information content (AvgIpc) is 2.47. The molecular formula is C9H5IN2S. The zero-order chi connectivity index (χ0) is 9.26. The Labute approximate surface area is 93.4 Å². The normalized spacial score (nSPS) is 10.2. The lowest BCUT2D eigenvalue weighted by Crippen LogP contribution is -1.86. The molecule has 2 rings (SSSR count). The van der Waals surface area contributed by atoms with Gasteiger partial charge in [0.05, 0.1) is 21.1 Å². The highest BCUT2D eigenvalue weighted by molar-refractivity contribution is 14.1. The quantitative estimate of drug-likeness (QED) is 0.759. The van der Waals surface area contributed by atoms with E-state index >= 15 is 0 Å². The van der Waals surface area contributed by atoms with Crippen molar-refractivity contribution < 1.29 is 0 Å². The Balaban J connectivity index is 2.69. The molecule has 0 aliphatic heterocycles. The van der Waals surface area contributed by atoms with E-state index in [1.165, 1.54) is 7.58 Å². The number of hydrogen-bond acceptors (Lipinski definition) is 3. The Morgan fingerprint density at radius 1 is 1.62 bits per heavy atom. The number of halogens is 1. The van der Waals surface area contributed by atoms with Gasteiger partial charge in [0.2, 0.25) is 0 Å². The summed E-state index contributed by atoms with van der Waals surface area (Å²) in [6.07, 6.45) is 2.16. The number of aromatic nitrogens is 1. The van der Waals surface area contributed by atoms with E-state index in [2.05, 4.69) is 39.7 Å². The fourth-order valence-electron chi connectivity index (χ4n) is 1.20. The third kappa shape index (κ3) is 1.67. The van der Waals surface area contributed by atoms with Crippen LogP contribution in [0.15, 0.2) is 18.3 Å². The van der Waals surface area contributed by atoms with Crippen molar-refractivity contribution in [2.24, 2.45) is 0 Å². The Hall–Kier alpha value is -0.670. The first-order chi connectivity index (χ1) is 6.31. The van der Waals surface area contributed by atoms with Crippen molar-refractivity contribution >= 4 is 44.0 Å². The minimum Gasteiger partial charge on any atom is -0.259 e.